The quantitative estimate of drug-likeness (QED) is 0.719. The van der Waals surface area contributed by atoms with E-state index in [0.717, 1.165) is 5.69 Å². The highest BCUT2D eigenvalue weighted by atomic mass is 16.5. The van der Waals surface area contributed by atoms with Gasteiger partial charge < -0.3 is 14.4 Å². The molecule has 0 saturated carbocycles. The summed E-state index contributed by atoms with van der Waals surface area (Å²) in [5.41, 5.74) is 0.796. The number of anilines is 1. The van der Waals surface area contributed by atoms with Gasteiger partial charge in [0.05, 0.1) is 12.7 Å². The molecule has 0 bridgehead atoms. The third kappa shape index (κ3) is 5.57. The number of rotatable bonds is 7. The number of esters is 1. The van der Waals surface area contributed by atoms with Crippen LogP contribution < -0.4 is 9.64 Å². The lowest BCUT2D eigenvalue weighted by Crippen LogP contribution is -2.38. The van der Waals surface area contributed by atoms with Crippen molar-refractivity contribution >= 4 is 11.9 Å². The summed E-state index contributed by atoms with van der Waals surface area (Å²) in [7, 11) is 0. The molecule has 0 radical (unpaired) electrons. The van der Waals surface area contributed by atoms with Gasteiger partial charge in [-0.3, -0.25) is 4.79 Å². The predicted octanol–water partition coefficient (Wildman–Crippen LogP) is 2.35. The molecule has 1 aromatic heterocycles. The Labute approximate surface area is 126 Å². The Morgan fingerprint density at radius 2 is 1.95 bits per heavy atom. The molecule has 6 heteroatoms. The lowest BCUT2D eigenvalue weighted by atomic mass is 10.3. The zero-order valence-corrected chi connectivity index (χ0v) is 13.7. The van der Waals surface area contributed by atoms with Crippen molar-refractivity contribution in [1.82, 2.24) is 9.97 Å². The summed E-state index contributed by atoms with van der Waals surface area (Å²) in [6.07, 6.45) is 0.0321. The van der Waals surface area contributed by atoms with Gasteiger partial charge in [0.2, 0.25) is 11.8 Å². The molecule has 21 heavy (non-hydrogen) atoms. The smallest absolute Gasteiger partial charge is 0.325 e. The van der Waals surface area contributed by atoms with Crippen LogP contribution in [0.15, 0.2) is 6.07 Å². The molecule has 6 nitrogen and oxygen atoms in total. The van der Waals surface area contributed by atoms with E-state index in [9.17, 15) is 4.79 Å². The molecule has 0 fully saturated rings. The minimum atomic E-state index is -0.289. The van der Waals surface area contributed by atoms with Gasteiger partial charge in [-0.15, -0.1) is 0 Å². The fourth-order valence-electron chi connectivity index (χ4n) is 1.78. The Bertz CT molecular complexity index is 475. The van der Waals surface area contributed by atoms with Gasteiger partial charge in [-0.25, -0.2) is 4.98 Å². The van der Waals surface area contributed by atoms with Crippen molar-refractivity contribution in [2.24, 2.45) is 0 Å². The summed E-state index contributed by atoms with van der Waals surface area (Å²) in [6.45, 7) is 12.0. The minimum absolute atomic E-state index is 0.0321. The van der Waals surface area contributed by atoms with Crippen LogP contribution in [0.2, 0.25) is 0 Å². The number of aryl methyl sites for hydroxylation is 1. The van der Waals surface area contributed by atoms with Crippen LogP contribution in [-0.4, -0.2) is 41.2 Å². The normalized spacial score (nSPS) is 10.9. The van der Waals surface area contributed by atoms with Crippen molar-refractivity contribution in [3.05, 3.63) is 11.8 Å². The zero-order valence-electron chi connectivity index (χ0n) is 13.7. The van der Waals surface area contributed by atoms with Crippen molar-refractivity contribution in [3.8, 4) is 5.88 Å². The number of hydrogen-bond donors (Lipinski definition) is 0. The first kappa shape index (κ1) is 17.2. The Morgan fingerprint density at radius 3 is 2.48 bits per heavy atom. The van der Waals surface area contributed by atoms with Crippen LogP contribution in [0.5, 0.6) is 5.88 Å². The molecule has 0 unspecified atom stereocenters. The number of ether oxygens (including phenoxy) is 2. The van der Waals surface area contributed by atoms with E-state index in [0.29, 0.717) is 18.4 Å². The maximum atomic E-state index is 11.7. The van der Waals surface area contributed by atoms with E-state index in [1.807, 2.05) is 34.6 Å². The molecular formula is C15H25N3O3. The molecule has 0 N–H and O–H groups in total. The monoisotopic (exact) mass is 295 g/mol. The summed E-state index contributed by atoms with van der Waals surface area (Å²) in [5.74, 6) is 0.707. The maximum Gasteiger partial charge on any atom is 0.325 e. The second-order valence-corrected chi connectivity index (χ2v) is 5.34. The molecule has 0 aliphatic rings. The number of aromatic nitrogens is 2. The number of carbonyl (C=O) groups is 1. The van der Waals surface area contributed by atoms with Crippen molar-refractivity contribution < 1.29 is 14.3 Å². The van der Waals surface area contributed by atoms with Crippen LogP contribution in [0.25, 0.3) is 0 Å². The van der Waals surface area contributed by atoms with Gasteiger partial charge >= 0.3 is 5.97 Å². The minimum Gasteiger partial charge on any atom is -0.475 e. The van der Waals surface area contributed by atoms with Gasteiger partial charge in [0.25, 0.3) is 0 Å². The van der Waals surface area contributed by atoms with E-state index in [1.54, 1.807) is 17.9 Å². The predicted molar refractivity (Wildman–Crippen MR) is 81.6 cm³/mol. The highest BCUT2D eigenvalue weighted by Crippen LogP contribution is 2.18. The third-order valence-electron chi connectivity index (χ3n) is 2.66. The Morgan fingerprint density at radius 1 is 1.29 bits per heavy atom. The van der Waals surface area contributed by atoms with Crippen LogP contribution in [0.1, 0.15) is 40.3 Å². The number of hydrogen-bond acceptors (Lipinski definition) is 6. The first-order valence-corrected chi connectivity index (χ1v) is 7.28. The summed E-state index contributed by atoms with van der Waals surface area (Å²) < 4.78 is 10.6. The van der Waals surface area contributed by atoms with E-state index in [2.05, 4.69) is 9.97 Å². The molecule has 0 aliphatic heterocycles. The Balaban J connectivity index is 3.01. The summed E-state index contributed by atoms with van der Waals surface area (Å²) in [5, 5.41) is 0. The van der Waals surface area contributed by atoms with Gasteiger partial charge in [0, 0.05) is 17.8 Å². The van der Waals surface area contributed by atoms with E-state index in [1.165, 1.54) is 0 Å². The Hall–Kier alpha value is -1.85. The second kappa shape index (κ2) is 7.81. The van der Waals surface area contributed by atoms with Crippen molar-refractivity contribution in [2.45, 2.75) is 53.7 Å². The average molecular weight is 295 g/mol. The molecule has 1 heterocycles. The molecule has 1 aromatic rings. The van der Waals surface area contributed by atoms with E-state index in [4.69, 9.17) is 9.47 Å². The van der Waals surface area contributed by atoms with Crippen molar-refractivity contribution in [3.63, 3.8) is 0 Å². The third-order valence-corrected chi connectivity index (χ3v) is 2.66. The van der Waals surface area contributed by atoms with Gasteiger partial charge in [0.1, 0.15) is 6.54 Å². The summed E-state index contributed by atoms with van der Waals surface area (Å²) >= 11 is 0. The number of carbonyl (C=O) groups excluding carboxylic acids is 1. The zero-order chi connectivity index (χ0) is 16.0. The van der Waals surface area contributed by atoms with E-state index < -0.39 is 0 Å². The lowest BCUT2D eigenvalue weighted by molar-refractivity contribution is -0.141. The molecule has 0 amide bonds. The molecule has 0 spiro atoms. The van der Waals surface area contributed by atoms with Crippen molar-refractivity contribution in [2.75, 3.05) is 18.1 Å². The SMILES string of the molecule is CCOC(=O)CN(c1nc(C)cc(OC(C)C)n1)C(C)C. The van der Waals surface area contributed by atoms with E-state index >= 15 is 0 Å². The largest absolute Gasteiger partial charge is 0.475 e. The highest BCUT2D eigenvalue weighted by Gasteiger charge is 2.19. The van der Waals surface area contributed by atoms with Crippen LogP contribution in [0.4, 0.5) is 5.95 Å². The van der Waals surface area contributed by atoms with Crippen LogP contribution in [0, 0.1) is 6.92 Å². The lowest BCUT2D eigenvalue weighted by Gasteiger charge is -2.26. The highest BCUT2D eigenvalue weighted by molar-refractivity contribution is 5.75. The van der Waals surface area contributed by atoms with E-state index in [-0.39, 0.29) is 24.7 Å². The standard InChI is InChI=1S/C15H25N3O3/c1-7-20-14(19)9-18(10(2)3)15-16-12(6)8-13(17-15)21-11(4)5/h8,10-11H,7,9H2,1-6H3. The molecule has 0 aliphatic carbocycles. The summed E-state index contributed by atoms with van der Waals surface area (Å²) in [6, 6.07) is 1.86. The molecule has 1 rings (SSSR count). The van der Waals surface area contributed by atoms with Gasteiger partial charge in [-0.1, -0.05) is 0 Å². The fraction of sp³-hybridized carbons (Fsp3) is 0.667. The topological polar surface area (TPSA) is 64.5 Å². The molecular weight excluding hydrogens is 270 g/mol. The molecule has 0 aromatic carbocycles. The molecule has 0 atom stereocenters. The fourth-order valence-corrected chi connectivity index (χ4v) is 1.78. The first-order chi connectivity index (χ1) is 9.83. The van der Waals surface area contributed by atoms with Crippen molar-refractivity contribution in [1.29, 1.82) is 0 Å². The van der Waals surface area contributed by atoms with Crippen LogP contribution >= 0.6 is 0 Å². The van der Waals surface area contributed by atoms with Gasteiger partial charge in [-0.05, 0) is 41.5 Å². The number of nitrogens with zero attached hydrogens (tertiary/aromatic N) is 3. The first-order valence-electron chi connectivity index (χ1n) is 7.28. The average Bonchev–Trinajstić information content (AvgIpc) is 2.34. The van der Waals surface area contributed by atoms with Gasteiger partial charge in [-0.2, -0.15) is 4.98 Å². The molecule has 118 valence electrons. The molecule has 0 saturated heterocycles. The Kier molecular flexibility index (Phi) is 6.39. The second-order valence-electron chi connectivity index (χ2n) is 5.34. The van der Waals surface area contributed by atoms with Crippen LogP contribution in [-0.2, 0) is 9.53 Å². The van der Waals surface area contributed by atoms with Gasteiger partial charge in [0.15, 0.2) is 0 Å². The summed E-state index contributed by atoms with van der Waals surface area (Å²) in [4.78, 5) is 22.3. The van der Waals surface area contributed by atoms with Crippen LogP contribution in [0.3, 0.4) is 0 Å². The maximum absolute atomic E-state index is 11.7.